The molecule has 0 N–H and O–H groups in total. The average Bonchev–Trinajstić information content (AvgIpc) is 2.83. The second-order valence-electron chi connectivity index (χ2n) is 13.8. The minimum absolute atomic E-state index is 0.212. The molecule has 0 saturated heterocycles. The van der Waals surface area contributed by atoms with Crippen molar-refractivity contribution in [2.45, 2.75) is 87.9 Å². The highest BCUT2D eigenvalue weighted by atomic mass is 16.5. The van der Waals surface area contributed by atoms with E-state index in [1.807, 2.05) is 12.1 Å². The first kappa shape index (κ1) is 21.0. The van der Waals surface area contributed by atoms with E-state index in [4.69, 9.17) is 4.74 Å². The molecule has 0 atom stereocenters. The summed E-state index contributed by atoms with van der Waals surface area (Å²) in [7, 11) is 0. The fourth-order valence-corrected chi connectivity index (χ4v) is 10.9. The molecule has 8 saturated carbocycles. The molecule has 0 spiro atoms. The number of carbonyl (C=O) groups excluding carboxylic acids is 1. The Bertz CT molecular complexity index is 1030. The molecule has 1 aromatic heterocycles. The zero-order valence-electron chi connectivity index (χ0n) is 20.8. The van der Waals surface area contributed by atoms with Crippen LogP contribution in [0.3, 0.4) is 0 Å². The predicted molar refractivity (Wildman–Crippen MR) is 135 cm³/mol. The van der Waals surface area contributed by atoms with Gasteiger partial charge in [-0.25, -0.2) is 4.79 Å². The third-order valence-electron chi connectivity index (χ3n) is 11.3. The van der Waals surface area contributed by atoms with Crippen molar-refractivity contribution < 1.29 is 9.53 Å². The van der Waals surface area contributed by atoms with E-state index in [-0.39, 0.29) is 16.8 Å². The maximum absolute atomic E-state index is 13.5. The van der Waals surface area contributed by atoms with Gasteiger partial charge in [0.05, 0.1) is 11.8 Å². The zero-order valence-corrected chi connectivity index (χ0v) is 20.8. The molecule has 182 valence electrons. The van der Waals surface area contributed by atoms with Crippen LogP contribution in [-0.4, -0.2) is 11.0 Å². The Labute approximate surface area is 209 Å². The number of rotatable bonds is 4. The summed E-state index contributed by atoms with van der Waals surface area (Å²) in [5.41, 5.74) is 4.30. The quantitative estimate of drug-likeness (QED) is 0.445. The molecule has 0 radical (unpaired) electrons. The summed E-state index contributed by atoms with van der Waals surface area (Å²) in [5, 5.41) is 0. The van der Waals surface area contributed by atoms with Crippen LogP contribution in [0.1, 0.15) is 98.5 Å². The van der Waals surface area contributed by atoms with E-state index < -0.39 is 0 Å². The number of hydrogen-bond donors (Lipinski definition) is 0. The smallest absolute Gasteiger partial charge is 0.343 e. The minimum atomic E-state index is -0.212. The van der Waals surface area contributed by atoms with Crippen LogP contribution < -0.4 is 4.74 Å². The van der Waals surface area contributed by atoms with Gasteiger partial charge in [0.25, 0.3) is 0 Å². The summed E-state index contributed by atoms with van der Waals surface area (Å²) in [4.78, 5) is 17.7. The molecule has 0 unspecified atom stereocenters. The number of nitrogens with zero attached hydrogens (tertiary/aromatic N) is 1. The predicted octanol–water partition coefficient (Wildman–Crippen LogP) is 7.24. The number of hydrogen-bond acceptors (Lipinski definition) is 3. The van der Waals surface area contributed by atoms with E-state index in [0.717, 1.165) is 41.1 Å². The Kier molecular flexibility index (Phi) is 4.45. The van der Waals surface area contributed by atoms with Crippen LogP contribution in [0.2, 0.25) is 0 Å². The van der Waals surface area contributed by atoms with E-state index in [9.17, 15) is 4.79 Å². The first-order valence-corrected chi connectivity index (χ1v) is 14.3. The molecule has 8 aliphatic rings. The summed E-state index contributed by atoms with van der Waals surface area (Å²) < 4.78 is 5.85. The lowest BCUT2D eigenvalue weighted by atomic mass is 9.46. The summed E-state index contributed by atoms with van der Waals surface area (Å²) in [6.07, 6.45) is 20.1. The van der Waals surface area contributed by atoms with Crippen LogP contribution >= 0.6 is 0 Å². The van der Waals surface area contributed by atoms with Gasteiger partial charge >= 0.3 is 5.97 Å². The minimum Gasteiger partial charge on any atom is -0.421 e. The van der Waals surface area contributed by atoms with E-state index in [0.29, 0.717) is 5.75 Å². The summed E-state index contributed by atoms with van der Waals surface area (Å²) in [6.45, 7) is 0. The number of esters is 1. The van der Waals surface area contributed by atoms with Gasteiger partial charge in [-0.05, 0) is 159 Å². The number of ether oxygens (including phenoxy) is 1. The molecule has 8 aliphatic carbocycles. The van der Waals surface area contributed by atoms with Gasteiger partial charge in [-0.2, -0.15) is 0 Å². The normalized spacial score (nSPS) is 42.4. The molecule has 8 bridgehead atoms. The van der Waals surface area contributed by atoms with Gasteiger partial charge in [-0.1, -0.05) is 6.07 Å². The summed E-state index contributed by atoms with van der Waals surface area (Å²) >= 11 is 0. The van der Waals surface area contributed by atoms with E-state index in [2.05, 4.69) is 23.2 Å². The topological polar surface area (TPSA) is 39.2 Å². The molecule has 0 aliphatic heterocycles. The van der Waals surface area contributed by atoms with Crippen LogP contribution in [0.25, 0.3) is 0 Å². The molecular formula is C32H37NO2. The van der Waals surface area contributed by atoms with Gasteiger partial charge in [0.1, 0.15) is 5.75 Å². The van der Waals surface area contributed by atoms with Gasteiger partial charge in [0.2, 0.25) is 0 Å². The Morgan fingerprint density at radius 2 is 1.17 bits per heavy atom. The summed E-state index contributed by atoms with van der Waals surface area (Å²) in [5.74, 6) is 5.71. The van der Waals surface area contributed by atoms with Crippen molar-refractivity contribution in [2.24, 2.45) is 35.5 Å². The van der Waals surface area contributed by atoms with Crippen molar-refractivity contribution >= 4 is 5.97 Å². The molecule has 35 heavy (non-hydrogen) atoms. The molecular weight excluding hydrogens is 430 g/mol. The SMILES string of the molecule is O=C(Oc1cccnc1)c1cc(C23CC4CC(CC(C4)C2)C3)cc(C23CC4CC(CC(C4)C2)C3)c1. The Morgan fingerprint density at radius 1 is 0.714 bits per heavy atom. The molecule has 0 amide bonds. The number of benzene rings is 1. The third-order valence-corrected chi connectivity index (χ3v) is 11.3. The number of aromatic nitrogens is 1. The highest BCUT2D eigenvalue weighted by Gasteiger charge is 2.54. The second kappa shape index (κ2) is 7.43. The average molecular weight is 468 g/mol. The van der Waals surface area contributed by atoms with Gasteiger partial charge in [-0.3, -0.25) is 4.98 Å². The number of carbonyl (C=O) groups is 1. The van der Waals surface area contributed by atoms with Crippen molar-refractivity contribution in [2.75, 3.05) is 0 Å². The lowest BCUT2D eigenvalue weighted by molar-refractivity contribution is -0.00841. The van der Waals surface area contributed by atoms with Crippen LogP contribution in [0.5, 0.6) is 5.75 Å². The lowest BCUT2D eigenvalue weighted by Gasteiger charge is -2.58. The van der Waals surface area contributed by atoms with Gasteiger partial charge < -0.3 is 4.74 Å². The van der Waals surface area contributed by atoms with Crippen molar-refractivity contribution in [1.29, 1.82) is 0 Å². The van der Waals surface area contributed by atoms with E-state index >= 15 is 0 Å². The zero-order chi connectivity index (χ0) is 23.2. The monoisotopic (exact) mass is 467 g/mol. The van der Waals surface area contributed by atoms with Crippen molar-refractivity contribution in [3.63, 3.8) is 0 Å². The lowest BCUT2D eigenvalue weighted by Crippen LogP contribution is -2.50. The molecule has 1 aromatic carbocycles. The van der Waals surface area contributed by atoms with Crippen LogP contribution in [0.4, 0.5) is 0 Å². The van der Waals surface area contributed by atoms with E-state index in [1.165, 1.54) is 88.2 Å². The van der Waals surface area contributed by atoms with Crippen molar-refractivity contribution in [3.05, 3.63) is 59.4 Å². The Balaban J connectivity index is 1.23. The molecule has 3 nitrogen and oxygen atoms in total. The molecule has 1 heterocycles. The maximum Gasteiger partial charge on any atom is 0.343 e. The van der Waals surface area contributed by atoms with Crippen molar-refractivity contribution in [1.82, 2.24) is 4.98 Å². The fourth-order valence-electron chi connectivity index (χ4n) is 10.9. The highest BCUT2D eigenvalue weighted by molar-refractivity contribution is 5.91. The van der Waals surface area contributed by atoms with Gasteiger partial charge in [-0.15, -0.1) is 0 Å². The molecule has 8 fully saturated rings. The van der Waals surface area contributed by atoms with Crippen LogP contribution in [-0.2, 0) is 10.8 Å². The maximum atomic E-state index is 13.5. The standard InChI is InChI=1S/C32H37NO2/c34-30(35-29-2-1-3-33-19-29)26-10-27(31-13-20-4-21(14-31)6-22(5-20)15-31)12-28(11-26)32-16-23-7-24(17-32)9-25(8-23)18-32/h1-3,10-12,19-25H,4-9,13-18H2. The summed E-state index contributed by atoms with van der Waals surface area (Å²) in [6, 6.07) is 10.8. The molecule has 2 aromatic rings. The highest BCUT2D eigenvalue weighted by Crippen LogP contribution is 2.63. The molecule has 3 heteroatoms. The Morgan fingerprint density at radius 3 is 1.57 bits per heavy atom. The first-order valence-electron chi connectivity index (χ1n) is 14.3. The largest absolute Gasteiger partial charge is 0.421 e. The van der Waals surface area contributed by atoms with Gasteiger partial charge in [0, 0.05) is 6.20 Å². The fraction of sp³-hybridized carbons (Fsp3) is 0.625. The second-order valence-corrected chi connectivity index (χ2v) is 13.8. The van der Waals surface area contributed by atoms with Gasteiger partial charge in [0.15, 0.2) is 0 Å². The van der Waals surface area contributed by atoms with Crippen molar-refractivity contribution in [3.8, 4) is 5.75 Å². The van der Waals surface area contributed by atoms with E-state index in [1.54, 1.807) is 12.4 Å². The van der Waals surface area contributed by atoms with Crippen LogP contribution in [0, 0.1) is 35.5 Å². The van der Waals surface area contributed by atoms with Crippen LogP contribution in [0.15, 0.2) is 42.7 Å². The number of pyridine rings is 1. The Hall–Kier alpha value is -2.16. The first-order chi connectivity index (χ1) is 17.0. The third kappa shape index (κ3) is 3.36. The molecule has 10 rings (SSSR count).